The lowest BCUT2D eigenvalue weighted by atomic mass is 9.85. The van der Waals surface area contributed by atoms with Crippen molar-refractivity contribution in [2.45, 2.75) is 46.6 Å². The quantitative estimate of drug-likeness (QED) is 0.637. The molecule has 1 heteroatoms. The van der Waals surface area contributed by atoms with Gasteiger partial charge in [-0.2, -0.15) is 0 Å². The van der Waals surface area contributed by atoms with Crippen molar-refractivity contribution < 1.29 is 4.74 Å². The van der Waals surface area contributed by atoms with Crippen LogP contribution in [0.2, 0.25) is 0 Å². The Kier molecular flexibility index (Phi) is 4.24. The van der Waals surface area contributed by atoms with E-state index >= 15 is 0 Å². The molecule has 1 aliphatic rings. The molecule has 1 fully saturated rings. The molecular weight excluding hydrogens is 160 g/mol. The molecule has 1 saturated heterocycles. The van der Waals surface area contributed by atoms with Crippen LogP contribution < -0.4 is 0 Å². The topological polar surface area (TPSA) is 9.23 Å². The molecule has 0 spiro atoms. The van der Waals surface area contributed by atoms with Crippen molar-refractivity contribution in [1.29, 1.82) is 0 Å². The fraction of sp³-hybridized carbons (Fsp3) is 0.917. The van der Waals surface area contributed by atoms with E-state index in [4.69, 9.17) is 4.74 Å². The van der Waals surface area contributed by atoms with Crippen LogP contribution in [0.25, 0.3) is 0 Å². The van der Waals surface area contributed by atoms with Crippen molar-refractivity contribution in [3.05, 3.63) is 6.42 Å². The fourth-order valence-electron chi connectivity index (χ4n) is 1.77. The number of hydrogen-bond donors (Lipinski definition) is 0. The zero-order valence-electron chi connectivity index (χ0n) is 9.34. The normalized spacial score (nSPS) is 30.9. The molecule has 2 radical (unpaired) electrons. The molecule has 1 rings (SSSR count). The zero-order valence-corrected chi connectivity index (χ0v) is 9.34. The van der Waals surface area contributed by atoms with Crippen molar-refractivity contribution in [3.8, 4) is 0 Å². The van der Waals surface area contributed by atoms with Crippen molar-refractivity contribution in [2.24, 2.45) is 17.8 Å². The third-order valence-corrected chi connectivity index (χ3v) is 2.75. The average molecular weight is 182 g/mol. The molecule has 0 aromatic heterocycles. The van der Waals surface area contributed by atoms with Crippen molar-refractivity contribution >= 4 is 0 Å². The summed E-state index contributed by atoms with van der Waals surface area (Å²) in [6.45, 7) is 9.89. The lowest BCUT2D eigenvalue weighted by Gasteiger charge is -2.24. The van der Waals surface area contributed by atoms with E-state index < -0.39 is 0 Å². The third kappa shape index (κ3) is 3.30. The molecule has 13 heavy (non-hydrogen) atoms. The maximum absolute atomic E-state index is 5.73. The molecule has 0 bridgehead atoms. The highest BCUT2D eigenvalue weighted by Crippen LogP contribution is 2.28. The summed E-state index contributed by atoms with van der Waals surface area (Å²) in [6.07, 6.45) is 6.30. The van der Waals surface area contributed by atoms with Gasteiger partial charge in [0, 0.05) is 13.0 Å². The second-order valence-corrected chi connectivity index (χ2v) is 4.69. The molecular formula is C12H22O. The largest absolute Gasteiger partial charge is 0.377 e. The minimum atomic E-state index is 0.259. The van der Waals surface area contributed by atoms with Gasteiger partial charge in [0.05, 0.1) is 6.10 Å². The maximum Gasteiger partial charge on any atom is 0.0670 e. The molecule has 2 unspecified atom stereocenters. The van der Waals surface area contributed by atoms with E-state index in [0.29, 0.717) is 17.8 Å². The first-order chi connectivity index (χ1) is 6.11. The minimum Gasteiger partial charge on any atom is -0.377 e. The highest BCUT2D eigenvalue weighted by molar-refractivity contribution is 4.89. The number of ether oxygens (including phenoxy) is 1. The highest BCUT2D eigenvalue weighted by Gasteiger charge is 2.25. The Bertz CT molecular complexity index is 124. The summed E-state index contributed by atoms with van der Waals surface area (Å²) in [5.74, 6) is 1.91. The zero-order chi connectivity index (χ0) is 9.84. The monoisotopic (exact) mass is 182 g/mol. The van der Waals surface area contributed by atoms with Crippen LogP contribution in [0.1, 0.15) is 40.5 Å². The predicted molar refractivity (Wildman–Crippen MR) is 55.4 cm³/mol. The van der Waals surface area contributed by atoms with Crippen LogP contribution in [0.5, 0.6) is 0 Å². The average Bonchev–Trinajstić information content (AvgIpc) is 2.28. The summed E-state index contributed by atoms with van der Waals surface area (Å²) < 4.78 is 5.73. The van der Waals surface area contributed by atoms with Crippen molar-refractivity contribution in [1.82, 2.24) is 0 Å². The molecule has 1 nitrogen and oxygen atoms in total. The van der Waals surface area contributed by atoms with E-state index in [-0.39, 0.29) is 6.10 Å². The Morgan fingerprint density at radius 2 is 1.85 bits per heavy atom. The molecule has 0 amide bonds. The first-order valence-corrected chi connectivity index (χ1v) is 5.49. The van der Waals surface area contributed by atoms with Gasteiger partial charge in [0.2, 0.25) is 0 Å². The van der Waals surface area contributed by atoms with E-state index in [1.54, 1.807) is 0 Å². The standard InChI is InChI=1S/C12H22O/c1-9(2)11-6-5-7-13-12(8-11)10(3)4/h9-12H,5-7H2,1-4H3. The minimum absolute atomic E-state index is 0.259. The second-order valence-electron chi connectivity index (χ2n) is 4.69. The summed E-state index contributed by atoms with van der Waals surface area (Å²) in [5.41, 5.74) is 0. The van der Waals surface area contributed by atoms with Crippen LogP contribution in [-0.2, 0) is 4.74 Å². The van der Waals surface area contributed by atoms with E-state index in [1.165, 1.54) is 12.8 Å². The van der Waals surface area contributed by atoms with Gasteiger partial charge in [-0.25, -0.2) is 0 Å². The van der Waals surface area contributed by atoms with E-state index in [9.17, 15) is 0 Å². The van der Waals surface area contributed by atoms with Gasteiger partial charge in [-0.15, -0.1) is 0 Å². The van der Waals surface area contributed by atoms with Crippen molar-refractivity contribution in [3.63, 3.8) is 0 Å². The molecule has 0 aliphatic carbocycles. The lowest BCUT2D eigenvalue weighted by Crippen LogP contribution is -2.23. The summed E-state index contributed by atoms with van der Waals surface area (Å²) in [7, 11) is 0. The summed E-state index contributed by atoms with van der Waals surface area (Å²) in [6, 6.07) is 0. The summed E-state index contributed by atoms with van der Waals surface area (Å²) in [4.78, 5) is 0. The smallest absolute Gasteiger partial charge is 0.0670 e. The van der Waals surface area contributed by atoms with E-state index in [1.807, 2.05) is 0 Å². The van der Waals surface area contributed by atoms with Gasteiger partial charge in [-0.05, 0) is 30.6 Å². The van der Waals surface area contributed by atoms with Gasteiger partial charge in [-0.1, -0.05) is 27.7 Å². The number of rotatable bonds is 2. The van der Waals surface area contributed by atoms with Gasteiger partial charge >= 0.3 is 0 Å². The van der Waals surface area contributed by atoms with Crippen LogP contribution >= 0.6 is 0 Å². The lowest BCUT2D eigenvalue weighted by molar-refractivity contribution is 0.0485. The van der Waals surface area contributed by atoms with Crippen LogP contribution in [-0.4, -0.2) is 12.7 Å². The first kappa shape index (κ1) is 11.0. The second kappa shape index (κ2) is 4.99. The molecule has 1 heterocycles. The highest BCUT2D eigenvalue weighted by atomic mass is 16.5. The first-order valence-electron chi connectivity index (χ1n) is 5.49. The van der Waals surface area contributed by atoms with E-state index in [0.717, 1.165) is 6.61 Å². The maximum atomic E-state index is 5.73. The molecule has 76 valence electrons. The van der Waals surface area contributed by atoms with Gasteiger partial charge in [0.15, 0.2) is 0 Å². The Balaban J connectivity index is 2.49. The van der Waals surface area contributed by atoms with Crippen LogP contribution in [0.4, 0.5) is 0 Å². The Morgan fingerprint density at radius 3 is 2.38 bits per heavy atom. The van der Waals surface area contributed by atoms with Gasteiger partial charge in [0.1, 0.15) is 0 Å². The third-order valence-electron chi connectivity index (χ3n) is 2.75. The SMILES string of the molecule is CC(C)C1[C]C(C(C)C)OCCC1. The van der Waals surface area contributed by atoms with Crippen LogP contribution in [0, 0.1) is 24.2 Å². The molecule has 2 atom stereocenters. The Labute approximate surface area is 82.9 Å². The van der Waals surface area contributed by atoms with Gasteiger partial charge < -0.3 is 4.74 Å². The molecule has 0 saturated carbocycles. The summed E-state index contributed by atoms with van der Waals surface area (Å²) >= 11 is 0. The molecule has 0 aromatic rings. The Morgan fingerprint density at radius 1 is 1.15 bits per heavy atom. The number of hydrogen-bond acceptors (Lipinski definition) is 1. The molecule has 0 N–H and O–H groups in total. The van der Waals surface area contributed by atoms with Gasteiger partial charge in [0.25, 0.3) is 0 Å². The Hall–Kier alpha value is -0.0400. The fourth-order valence-corrected chi connectivity index (χ4v) is 1.77. The van der Waals surface area contributed by atoms with Gasteiger partial charge in [-0.3, -0.25) is 0 Å². The predicted octanol–water partition coefficient (Wildman–Crippen LogP) is 3.17. The summed E-state index contributed by atoms with van der Waals surface area (Å²) in [5, 5.41) is 0. The van der Waals surface area contributed by atoms with Crippen LogP contribution in [0.3, 0.4) is 0 Å². The van der Waals surface area contributed by atoms with Crippen LogP contribution in [0.15, 0.2) is 0 Å². The molecule has 1 aliphatic heterocycles. The van der Waals surface area contributed by atoms with E-state index in [2.05, 4.69) is 34.1 Å². The van der Waals surface area contributed by atoms with Crippen molar-refractivity contribution in [2.75, 3.05) is 6.61 Å². The molecule has 0 aromatic carbocycles.